The first kappa shape index (κ1) is 13.0. The van der Waals surface area contributed by atoms with Crippen LogP contribution in [0.3, 0.4) is 0 Å². The van der Waals surface area contributed by atoms with Crippen LogP contribution < -0.4 is 10.2 Å². The van der Waals surface area contributed by atoms with Crippen LogP contribution in [0.15, 0.2) is 36.4 Å². The molecule has 1 amide bonds. The molecule has 4 rings (SSSR count). The summed E-state index contributed by atoms with van der Waals surface area (Å²) in [4.78, 5) is 14.3. The van der Waals surface area contributed by atoms with Crippen LogP contribution in [0.5, 0.6) is 0 Å². The third-order valence-corrected chi connectivity index (χ3v) is 4.35. The second-order valence-corrected chi connectivity index (χ2v) is 5.98. The SMILES string of the molecule is O=C1c2ccc(Cl)cc2NC2C(O)c3cc(Cl)ccc3N12. The largest absolute Gasteiger partial charge is 0.384 e. The van der Waals surface area contributed by atoms with Gasteiger partial charge < -0.3 is 10.4 Å². The molecular formula is C15H10Cl2N2O2. The van der Waals surface area contributed by atoms with Gasteiger partial charge in [-0.2, -0.15) is 0 Å². The quantitative estimate of drug-likeness (QED) is 0.781. The van der Waals surface area contributed by atoms with Gasteiger partial charge in [-0.25, -0.2) is 0 Å². The van der Waals surface area contributed by atoms with Crippen molar-refractivity contribution in [1.29, 1.82) is 0 Å². The maximum Gasteiger partial charge on any atom is 0.262 e. The molecule has 4 nitrogen and oxygen atoms in total. The number of nitrogens with one attached hydrogen (secondary N) is 1. The Morgan fingerprint density at radius 1 is 1.10 bits per heavy atom. The van der Waals surface area contributed by atoms with Crippen molar-refractivity contribution in [3.63, 3.8) is 0 Å². The van der Waals surface area contributed by atoms with Gasteiger partial charge in [0, 0.05) is 15.6 Å². The van der Waals surface area contributed by atoms with E-state index >= 15 is 0 Å². The van der Waals surface area contributed by atoms with Crippen molar-refractivity contribution in [3.05, 3.63) is 57.6 Å². The third kappa shape index (κ3) is 1.77. The summed E-state index contributed by atoms with van der Waals surface area (Å²) in [5.74, 6) is -0.162. The van der Waals surface area contributed by atoms with E-state index in [1.54, 1.807) is 41.3 Å². The smallest absolute Gasteiger partial charge is 0.262 e. The molecule has 2 unspecified atom stereocenters. The maximum atomic E-state index is 12.7. The van der Waals surface area contributed by atoms with E-state index in [1.807, 2.05) is 0 Å². The summed E-state index contributed by atoms with van der Waals surface area (Å²) in [7, 11) is 0. The van der Waals surface area contributed by atoms with Crippen LogP contribution in [-0.2, 0) is 0 Å². The van der Waals surface area contributed by atoms with Gasteiger partial charge in [0.2, 0.25) is 0 Å². The Labute approximate surface area is 130 Å². The Balaban J connectivity index is 1.88. The van der Waals surface area contributed by atoms with E-state index in [2.05, 4.69) is 5.32 Å². The molecular weight excluding hydrogens is 311 g/mol. The van der Waals surface area contributed by atoms with Crippen LogP contribution in [0.1, 0.15) is 22.0 Å². The van der Waals surface area contributed by atoms with E-state index in [0.717, 1.165) is 0 Å². The molecule has 2 aromatic carbocycles. The molecule has 2 aromatic rings. The number of carbonyl (C=O) groups excluding carboxylic acids is 1. The predicted molar refractivity (Wildman–Crippen MR) is 82.1 cm³/mol. The summed E-state index contributed by atoms with van der Waals surface area (Å²) in [6.45, 7) is 0. The number of carbonyl (C=O) groups is 1. The van der Waals surface area contributed by atoms with Crippen LogP contribution >= 0.6 is 23.2 Å². The van der Waals surface area contributed by atoms with Crippen molar-refractivity contribution in [2.75, 3.05) is 10.2 Å². The zero-order valence-electron chi connectivity index (χ0n) is 10.7. The lowest BCUT2D eigenvalue weighted by molar-refractivity contribution is 0.0941. The van der Waals surface area contributed by atoms with Crippen molar-refractivity contribution in [1.82, 2.24) is 0 Å². The van der Waals surface area contributed by atoms with Gasteiger partial charge in [0.25, 0.3) is 5.91 Å². The lowest BCUT2D eigenvalue weighted by atomic mass is 10.1. The number of nitrogens with zero attached hydrogens (tertiary/aromatic N) is 1. The molecule has 2 aliphatic heterocycles. The second kappa shape index (κ2) is 4.37. The number of hydrogen-bond acceptors (Lipinski definition) is 3. The van der Waals surface area contributed by atoms with Crippen molar-refractivity contribution < 1.29 is 9.90 Å². The highest BCUT2D eigenvalue weighted by Crippen LogP contribution is 2.44. The standard InChI is InChI=1S/C15H10Cl2N2O2/c16-7-2-4-12-10(5-7)13(20)14-18-11-6-8(17)1-3-9(11)15(21)19(12)14/h1-6,13-14,18,20H. The topological polar surface area (TPSA) is 52.6 Å². The monoisotopic (exact) mass is 320 g/mol. The Bertz CT molecular complexity index is 778. The fraction of sp³-hybridized carbons (Fsp3) is 0.133. The van der Waals surface area contributed by atoms with Gasteiger partial charge in [-0.1, -0.05) is 23.2 Å². The summed E-state index contributed by atoms with van der Waals surface area (Å²) >= 11 is 11.9. The van der Waals surface area contributed by atoms with Gasteiger partial charge in [-0.05, 0) is 36.4 Å². The number of aliphatic hydroxyl groups excluding tert-OH is 1. The van der Waals surface area contributed by atoms with E-state index in [0.29, 0.717) is 32.5 Å². The van der Waals surface area contributed by atoms with E-state index in [9.17, 15) is 9.90 Å². The minimum Gasteiger partial charge on any atom is -0.384 e. The summed E-state index contributed by atoms with van der Waals surface area (Å²) in [6, 6.07) is 10.2. The molecule has 106 valence electrons. The van der Waals surface area contributed by atoms with E-state index in [4.69, 9.17) is 23.2 Å². The fourth-order valence-corrected chi connectivity index (χ4v) is 3.29. The molecule has 2 aliphatic rings. The second-order valence-electron chi connectivity index (χ2n) is 5.10. The van der Waals surface area contributed by atoms with Crippen molar-refractivity contribution in [2.45, 2.75) is 12.3 Å². The number of amides is 1. The molecule has 2 atom stereocenters. The molecule has 0 radical (unpaired) electrons. The van der Waals surface area contributed by atoms with Gasteiger partial charge in [-0.15, -0.1) is 0 Å². The third-order valence-electron chi connectivity index (χ3n) is 3.88. The number of fused-ring (bicyclic) bond motifs is 4. The molecule has 0 spiro atoms. The number of anilines is 2. The zero-order valence-corrected chi connectivity index (χ0v) is 12.2. The molecule has 21 heavy (non-hydrogen) atoms. The predicted octanol–water partition coefficient (Wildman–Crippen LogP) is 3.44. The van der Waals surface area contributed by atoms with Gasteiger partial charge in [0.05, 0.1) is 16.9 Å². The minimum absolute atomic E-state index is 0.162. The summed E-state index contributed by atoms with van der Waals surface area (Å²) < 4.78 is 0. The molecule has 0 saturated heterocycles. The van der Waals surface area contributed by atoms with Crippen LogP contribution in [0, 0.1) is 0 Å². The number of halogens is 2. The fourth-order valence-electron chi connectivity index (χ4n) is 2.93. The highest BCUT2D eigenvalue weighted by Gasteiger charge is 2.44. The molecule has 2 heterocycles. The number of rotatable bonds is 0. The molecule has 0 bridgehead atoms. The van der Waals surface area contributed by atoms with Gasteiger partial charge in [0.1, 0.15) is 12.3 Å². The molecule has 6 heteroatoms. The Kier molecular flexibility index (Phi) is 2.70. The first-order valence-electron chi connectivity index (χ1n) is 6.43. The van der Waals surface area contributed by atoms with E-state index in [-0.39, 0.29) is 5.91 Å². The Morgan fingerprint density at radius 3 is 2.62 bits per heavy atom. The summed E-state index contributed by atoms with van der Waals surface area (Å²) in [6.07, 6.45) is -1.38. The Hall–Kier alpha value is -1.75. The first-order valence-corrected chi connectivity index (χ1v) is 7.19. The van der Waals surface area contributed by atoms with Gasteiger partial charge in [-0.3, -0.25) is 9.69 Å². The normalized spacial score (nSPS) is 22.4. The van der Waals surface area contributed by atoms with Gasteiger partial charge >= 0.3 is 0 Å². The van der Waals surface area contributed by atoms with Crippen molar-refractivity contribution in [2.24, 2.45) is 0 Å². The molecule has 0 aromatic heterocycles. The average Bonchev–Trinajstić information content (AvgIpc) is 2.72. The lowest BCUT2D eigenvalue weighted by Crippen LogP contribution is -2.48. The first-order chi connectivity index (χ1) is 10.1. The van der Waals surface area contributed by atoms with Crippen LogP contribution in [0.2, 0.25) is 10.0 Å². The van der Waals surface area contributed by atoms with E-state index < -0.39 is 12.3 Å². The average molecular weight is 321 g/mol. The van der Waals surface area contributed by atoms with Gasteiger partial charge in [0.15, 0.2) is 0 Å². The highest BCUT2D eigenvalue weighted by molar-refractivity contribution is 6.31. The van der Waals surface area contributed by atoms with Crippen LogP contribution in [0.4, 0.5) is 11.4 Å². The number of aliphatic hydroxyl groups is 1. The highest BCUT2D eigenvalue weighted by atomic mass is 35.5. The number of hydrogen-bond donors (Lipinski definition) is 2. The summed E-state index contributed by atoms with van der Waals surface area (Å²) in [5.41, 5.74) is 2.49. The molecule has 0 fully saturated rings. The van der Waals surface area contributed by atoms with Crippen molar-refractivity contribution >= 4 is 40.5 Å². The van der Waals surface area contributed by atoms with Crippen LogP contribution in [0.25, 0.3) is 0 Å². The maximum absolute atomic E-state index is 12.7. The Morgan fingerprint density at radius 2 is 1.81 bits per heavy atom. The van der Waals surface area contributed by atoms with Crippen LogP contribution in [-0.4, -0.2) is 17.2 Å². The van der Waals surface area contributed by atoms with E-state index in [1.165, 1.54) is 0 Å². The van der Waals surface area contributed by atoms with Crippen molar-refractivity contribution in [3.8, 4) is 0 Å². The lowest BCUT2D eigenvalue weighted by Gasteiger charge is -2.34. The summed E-state index contributed by atoms with van der Waals surface area (Å²) in [5, 5.41) is 14.7. The molecule has 0 aliphatic carbocycles. The molecule has 2 N–H and O–H groups in total. The zero-order chi connectivity index (χ0) is 14.7. The number of benzene rings is 2. The molecule has 0 saturated carbocycles. The minimum atomic E-state index is -0.838.